The van der Waals surface area contributed by atoms with Gasteiger partial charge in [-0.1, -0.05) is 0 Å². The zero-order chi connectivity index (χ0) is 12.8. The highest BCUT2D eigenvalue weighted by molar-refractivity contribution is 9.10. The van der Waals surface area contributed by atoms with Gasteiger partial charge in [0.25, 0.3) is 0 Å². The maximum Gasteiger partial charge on any atom is 0.133 e. The van der Waals surface area contributed by atoms with Crippen LogP contribution in [0.2, 0.25) is 0 Å². The maximum atomic E-state index is 8.81. The van der Waals surface area contributed by atoms with Gasteiger partial charge in [-0.25, -0.2) is 0 Å². The van der Waals surface area contributed by atoms with Crippen LogP contribution in [0, 0.1) is 0 Å². The van der Waals surface area contributed by atoms with E-state index in [1.165, 1.54) is 0 Å². The van der Waals surface area contributed by atoms with Crippen LogP contribution in [0.1, 0.15) is 24.4 Å². The number of methoxy groups -OCH3 is 2. The second-order valence-electron chi connectivity index (χ2n) is 3.70. The third-order valence-electron chi connectivity index (χ3n) is 2.58. The number of rotatable bonds is 6. The van der Waals surface area contributed by atoms with Gasteiger partial charge in [0.2, 0.25) is 0 Å². The number of nitrogens with two attached hydrogens (primary N) is 1. The topological polar surface area (TPSA) is 64.7 Å². The number of hydrogen-bond donors (Lipinski definition) is 2. The first-order chi connectivity index (χ1) is 8.13. The molecular weight excluding hydrogens is 321 g/mol. The van der Waals surface area contributed by atoms with E-state index in [-0.39, 0.29) is 25.1 Å². The van der Waals surface area contributed by atoms with Crippen molar-refractivity contribution in [1.82, 2.24) is 0 Å². The van der Waals surface area contributed by atoms with E-state index >= 15 is 0 Å². The minimum Gasteiger partial charge on any atom is -0.496 e. The summed E-state index contributed by atoms with van der Waals surface area (Å²) < 4.78 is 11.4. The molecule has 0 radical (unpaired) electrons. The second kappa shape index (κ2) is 8.58. The minimum atomic E-state index is -0.168. The van der Waals surface area contributed by atoms with Gasteiger partial charge in [0.1, 0.15) is 11.5 Å². The predicted molar refractivity (Wildman–Crippen MR) is 77.7 cm³/mol. The fourth-order valence-electron chi connectivity index (χ4n) is 1.64. The number of hydrogen-bond acceptors (Lipinski definition) is 4. The summed E-state index contributed by atoms with van der Waals surface area (Å²) in [5.74, 6) is 1.45. The highest BCUT2D eigenvalue weighted by Gasteiger charge is 2.15. The summed E-state index contributed by atoms with van der Waals surface area (Å²) in [6.45, 7) is 0.143. The van der Waals surface area contributed by atoms with Crippen molar-refractivity contribution < 1.29 is 14.6 Å². The van der Waals surface area contributed by atoms with Gasteiger partial charge >= 0.3 is 0 Å². The number of aliphatic hydroxyl groups excluding tert-OH is 1. The summed E-state index contributed by atoms with van der Waals surface area (Å²) in [5.41, 5.74) is 6.96. The number of aliphatic hydroxyl groups is 1. The van der Waals surface area contributed by atoms with E-state index in [0.29, 0.717) is 12.8 Å². The second-order valence-corrected chi connectivity index (χ2v) is 4.56. The highest BCUT2D eigenvalue weighted by atomic mass is 79.9. The molecule has 0 aliphatic carbocycles. The Kier molecular flexibility index (Phi) is 8.35. The fourth-order valence-corrected chi connectivity index (χ4v) is 2.12. The monoisotopic (exact) mass is 339 g/mol. The Bertz CT molecular complexity index is 377. The lowest BCUT2D eigenvalue weighted by molar-refractivity contribution is 0.279. The van der Waals surface area contributed by atoms with E-state index in [4.69, 9.17) is 20.3 Å². The van der Waals surface area contributed by atoms with Crippen molar-refractivity contribution in [3.63, 3.8) is 0 Å². The molecule has 4 nitrogen and oxygen atoms in total. The molecular formula is C12H19BrClNO3. The molecule has 1 aromatic carbocycles. The zero-order valence-corrected chi connectivity index (χ0v) is 12.9. The molecule has 0 unspecified atom stereocenters. The molecule has 0 bridgehead atoms. The van der Waals surface area contributed by atoms with Gasteiger partial charge < -0.3 is 20.3 Å². The van der Waals surface area contributed by atoms with Crippen molar-refractivity contribution in [2.24, 2.45) is 5.73 Å². The van der Waals surface area contributed by atoms with Gasteiger partial charge in [0, 0.05) is 18.2 Å². The van der Waals surface area contributed by atoms with Crippen LogP contribution in [0.5, 0.6) is 11.5 Å². The molecule has 0 amide bonds. The summed E-state index contributed by atoms with van der Waals surface area (Å²) >= 11 is 3.40. The molecule has 0 aromatic heterocycles. The van der Waals surface area contributed by atoms with E-state index in [1.54, 1.807) is 14.2 Å². The highest BCUT2D eigenvalue weighted by Crippen LogP contribution is 2.36. The summed E-state index contributed by atoms with van der Waals surface area (Å²) in [7, 11) is 3.21. The molecule has 0 aliphatic heterocycles. The zero-order valence-electron chi connectivity index (χ0n) is 10.5. The van der Waals surface area contributed by atoms with E-state index in [0.717, 1.165) is 21.5 Å². The standard InChI is InChI=1S/C12H18BrNO3.ClH/c1-16-11-7-9(13)12(17-2)6-8(11)10(14)4-3-5-15;/h6-7,10,15H,3-5,14H2,1-2H3;1H/t10-;/m0./s1. The smallest absolute Gasteiger partial charge is 0.133 e. The van der Waals surface area contributed by atoms with Gasteiger partial charge in [-0.3, -0.25) is 0 Å². The molecule has 0 aliphatic rings. The van der Waals surface area contributed by atoms with Crippen LogP contribution < -0.4 is 15.2 Å². The van der Waals surface area contributed by atoms with Crippen molar-refractivity contribution in [3.05, 3.63) is 22.2 Å². The number of ether oxygens (including phenoxy) is 2. The van der Waals surface area contributed by atoms with Crippen molar-refractivity contribution >= 4 is 28.3 Å². The van der Waals surface area contributed by atoms with E-state index in [1.807, 2.05) is 12.1 Å². The molecule has 0 spiro atoms. The third kappa shape index (κ3) is 4.31. The molecule has 6 heteroatoms. The molecule has 0 saturated carbocycles. The van der Waals surface area contributed by atoms with Gasteiger partial charge in [-0.05, 0) is 40.9 Å². The van der Waals surface area contributed by atoms with Gasteiger partial charge in [0.05, 0.1) is 18.7 Å². The molecule has 0 fully saturated rings. The molecule has 1 rings (SSSR count). The van der Waals surface area contributed by atoms with E-state index in [2.05, 4.69) is 15.9 Å². The Morgan fingerprint density at radius 1 is 1.28 bits per heavy atom. The van der Waals surface area contributed by atoms with Crippen LogP contribution in [-0.4, -0.2) is 25.9 Å². The van der Waals surface area contributed by atoms with Crippen LogP contribution >= 0.6 is 28.3 Å². The first-order valence-electron chi connectivity index (χ1n) is 5.41. The van der Waals surface area contributed by atoms with Crippen molar-refractivity contribution in [1.29, 1.82) is 0 Å². The maximum absolute atomic E-state index is 8.81. The van der Waals surface area contributed by atoms with E-state index in [9.17, 15) is 0 Å². The molecule has 3 N–H and O–H groups in total. The SMILES string of the molecule is COc1cc([C@@H](N)CCCO)c(OC)cc1Br.Cl. The Morgan fingerprint density at radius 3 is 2.39 bits per heavy atom. The first-order valence-corrected chi connectivity index (χ1v) is 6.21. The summed E-state index contributed by atoms with van der Waals surface area (Å²) in [6, 6.07) is 3.54. The lowest BCUT2D eigenvalue weighted by Crippen LogP contribution is -2.12. The normalized spacial score (nSPS) is 11.6. The van der Waals surface area contributed by atoms with Gasteiger partial charge in [-0.15, -0.1) is 12.4 Å². The van der Waals surface area contributed by atoms with Crippen LogP contribution in [0.25, 0.3) is 0 Å². The Balaban J connectivity index is 0.00000289. The quantitative estimate of drug-likeness (QED) is 0.835. The largest absolute Gasteiger partial charge is 0.496 e. The Morgan fingerprint density at radius 2 is 1.89 bits per heavy atom. The fraction of sp³-hybridized carbons (Fsp3) is 0.500. The average Bonchev–Trinajstić information content (AvgIpc) is 2.35. The first kappa shape index (κ1) is 17.5. The summed E-state index contributed by atoms with van der Waals surface area (Å²) in [5, 5.41) is 8.81. The van der Waals surface area contributed by atoms with Gasteiger partial charge in [0.15, 0.2) is 0 Å². The summed E-state index contributed by atoms with van der Waals surface area (Å²) in [6.07, 6.45) is 1.38. The summed E-state index contributed by atoms with van der Waals surface area (Å²) in [4.78, 5) is 0. The third-order valence-corrected chi connectivity index (χ3v) is 3.20. The van der Waals surface area contributed by atoms with Crippen LogP contribution in [0.4, 0.5) is 0 Å². The predicted octanol–water partition coefficient (Wildman–Crippen LogP) is 2.66. The van der Waals surface area contributed by atoms with Crippen LogP contribution in [0.3, 0.4) is 0 Å². The Labute approximate surface area is 122 Å². The van der Waals surface area contributed by atoms with E-state index < -0.39 is 0 Å². The number of halogens is 2. The lowest BCUT2D eigenvalue weighted by Gasteiger charge is -2.17. The minimum absolute atomic E-state index is 0. The van der Waals surface area contributed by atoms with Crippen LogP contribution in [0.15, 0.2) is 16.6 Å². The molecule has 0 saturated heterocycles. The van der Waals surface area contributed by atoms with Gasteiger partial charge in [-0.2, -0.15) is 0 Å². The molecule has 1 aromatic rings. The van der Waals surface area contributed by atoms with Crippen LogP contribution in [-0.2, 0) is 0 Å². The molecule has 18 heavy (non-hydrogen) atoms. The lowest BCUT2D eigenvalue weighted by atomic mass is 10.0. The molecule has 1 atom stereocenters. The Hall–Kier alpha value is -0.490. The molecule has 104 valence electrons. The van der Waals surface area contributed by atoms with Crippen molar-refractivity contribution in [2.75, 3.05) is 20.8 Å². The molecule has 0 heterocycles. The average molecular weight is 341 g/mol. The van der Waals surface area contributed by atoms with Crippen molar-refractivity contribution in [3.8, 4) is 11.5 Å². The van der Waals surface area contributed by atoms with Crippen molar-refractivity contribution in [2.45, 2.75) is 18.9 Å². The number of benzene rings is 1.